The Bertz CT molecular complexity index is 727. The van der Waals surface area contributed by atoms with E-state index in [1.165, 1.54) is 6.07 Å². The van der Waals surface area contributed by atoms with E-state index >= 15 is 0 Å². The van der Waals surface area contributed by atoms with E-state index < -0.39 is 0 Å². The molecule has 2 aromatic carbocycles. The van der Waals surface area contributed by atoms with Gasteiger partial charge in [0, 0.05) is 11.3 Å². The lowest BCUT2D eigenvalue weighted by molar-refractivity contribution is 0.102. The Hall–Kier alpha value is -2.77. The molecule has 0 saturated heterocycles. The largest absolute Gasteiger partial charge is 0.507 e. The second-order valence-electron chi connectivity index (χ2n) is 4.51. The van der Waals surface area contributed by atoms with Crippen LogP contribution in [0.4, 0.5) is 5.69 Å². The minimum absolute atomic E-state index is 0.0507. The zero-order chi connectivity index (χ0) is 15.2. The van der Waals surface area contributed by atoms with Gasteiger partial charge in [0.05, 0.1) is 12.1 Å². The van der Waals surface area contributed by atoms with Gasteiger partial charge in [0.1, 0.15) is 5.75 Å². The van der Waals surface area contributed by atoms with Crippen LogP contribution in [0, 0.1) is 18.8 Å². The Labute approximate surface area is 123 Å². The van der Waals surface area contributed by atoms with Crippen molar-refractivity contribution in [2.45, 2.75) is 6.92 Å². The summed E-state index contributed by atoms with van der Waals surface area (Å²) in [6.07, 6.45) is 0. The summed E-state index contributed by atoms with van der Waals surface area (Å²) >= 11 is 0. The third-order valence-corrected chi connectivity index (χ3v) is 2.97. The van der Waals surface area contributed by atoms with Gasteiger partial charge in [0.2, 0.25) is 0 Å². The van der Waals surface area contributed by atoms with Gasteiger partial charge in [-0.25, -0.2) is 0 Å². The number of phenolic OH excluding ortho intramolecular Hbond substituents is 1. The minimum atomic E-state index is -0.366. The predicted molar refractivity (Wildman–Crippen MR) is 83.2 cm³/mol. The van der Waals surface area contributed by atoms with E-state index in [1.54, 1.807) is 30.3 Å². The molecule has 0 radical (unpaired) electrons. The van der Waals surface area contributed by atoms with Crippen LogP contribution in [-0.4, -0.2) is 17.6 Å². The zero-order valence-corrected chi connectivity index (χ0v) is 11.7. The second kappa shape index (κ2) is 6.60. The molecule has 4 nitrogen and oxygen atoms in total. The first-order valence-electron chi connectivity index (χ1n) is 6.50. The molecule has 0 aliphatic heterocycles. The highest BCUT2D eigenvalue weighted by atomic mass is 16.3. The average Bonchev–Trinajstić information content (AvgIpc) is 2.48. The van der Waals surface area contributed by atoms with Gasteiger partial charge in [0.25, 0.3) is 5.91 Å². The number of rotatable bonds is 2. The number of aromatic hydroxyl groups is 1. The molecule has 4 heteroatoms. The molecule has 0 aromatic heterocycles. The number of nitrogens with one attached hydrogen (secondary N) is 1. The third kappa shape index (κ3) is 3.62. The number of nitrogens with two attached hydrogens (primary N) is 1. The topological polar surface area (TPSA) is 75.3 Å². The van der Waals surface area contributed by atoms with Crippen LogP contribution < -0.4 is 11.1 Å². The van der Waals surface area contributed by atoms with Crippen molar-refractivity contribution in [3.05, 3.63) is 59.2 Å². The van der Waals surface area contributed by atoms with Crippen molar-refractivity contribution in [3.63, 3.8) is 0 Å². The van der Waals surface area contributed by atoms with E-state index in [1.807, 2.05) is 13.0 Å². The molecule has 0 unspecified atom stereocenters. The van der Waals surface area contributed by atoms with E-state index in [0.717, 1.165) is 11.1 Å². The van der Waals surface area contributed by atoms with E-state index in [0.29, 0.717) is 5.69 Å². The summed E-state index contributed by atoms with van der Waals surface area (Å²) in [6.45, 7) is 2.23. The lowest BCUT2D eigenvalue weighted by Crippen LogP contribution is -2.12. The van der Waals surface area contributed by atoms with Crippen molar-refractivity contribution in [2.75, 3.05) is 11.9 Å². The quantitative estimate of drug-likeness (QED) is 0.739. The summed E-state index contributed by atoms with van der Waals surface area (Å²) in [7, 11) is 0. The normalized spacial score (nSPS) is 9.62. The monoisotopic (exact) mass is 280 g/mol. The third-order valence-electron chi connectivity index (χ3n) is 2.97. The van der Waals surface area contributed by atoms with Crippen LogP contribution in [-0.2, 0) is 0 Å². The summed E-state index contributed by atoms with van der Waals surface area (Å²) in [5.74, 6) is 5.34. The number of hydrogen-bond acceptors (Lipinski definition) is 3. The highest BCUT2D eigenvalue weighted by molar-refractivity contribution is 6.06. The Morgan fingerprint density at radius 3 is 2.76 bits per heavy atom. The van der Waals surface area contributed by atoms with Crippen molar-refractivity contribution in [2.24, 2.45) is 5.73 Å². The molecular weight excluding hydrogens is 264 g/mol. The highest BCUT2D eigenvalue weighted by Crippen LogP contribution is 2.19. The first kappa shape index (κ1) is 14.6. The molecular formula is C17H16N2O2. The van der Waals surface area contributed by atoms with Crippen molar-refractivity contribution < 1.29 is 9.90 Å². The van der Waals surface area contributed by atoms with Crippen LogP contribution in [0.1, 0.15) is 21.5 Å². The van der Waals surface area contributed by atoms with Crippen LogP contribution in [0.25, 0.3) is 0 Å². The van der Waals surface area contributed by atoms with Gasteiger partial charge in [-0.15, -0.1) is 0 Å². The molecule has 0 saturated carbocycles. The average molecular weight is 280 g/mol. The van der Waals surface area contributed by atoms with Crippen LogP contribution in [0.2, 0.25) is 0 Å². The lowest BCUT2D eigenvalue weighted by Gasteiger charge is -2.08. The summed E-state index contributed by atoms with van der Waals surface area (Å²) in [5, 5.41) is 12.4. The molecule has 0 spiro atoms. The number of hydrogen-bond donors (Lipinski definition) is 3. The zero-order valence-electron chi connectivity index (χ0n) is 11.7. The van der Waals surface area contributed by atoms with Crippen LogP contribution >= 0.6 is 0 Å². The van der Waals surface area contributed by atoms with Gasteiger partial charge in [-0.05, 0) is 36.8 Å². The minimum Gasteiger partial charge on any atom is -0.507 e. The maximum Gasteiger partial charge on any atom is 0.259 e. The van der Waals surface area contributed by atoms with Gasteiger partial charge < -0.3 is 16.2 Å². The molecule has 2 rings (SSSR count). The lowest BCUT2D eigenvalue weighted by atomic mass is 10.1. The van der Waals surface area contributed by atoms with E-state index in [4.69, 9.17) is 5.73 Å². The summed E-state index contributed by atoms with van der Waals surface area (Å²) in [5.41, 5.74) is 8.04. The van der Waals surface area contributed by atoms with Gasteiger partial charge >= 0.3 is 0 Å². The molecule has 4 N–H and O–H groups in total. The van der Waals surface area contributed by atoms with Crippen molar-refractivity contribution in [1.29, 1.82) is 0 Å². The Balaban J connectivity index is 2.24. The first-order valence-corrected chi connectivity index (χ1v) is 6.50. The predicted octanol–water partition coefficient (Wildman–Crippen LogP) is 2.26. The van der Waals surface area contributed by atoms with Crippen molar-refractivity contribution in [1.82, 2.24) is 0 Å². The van der Waals surface area contributed by atoms with Crippen LogP contribution in [0.3, 0.4) is 0 Å². The van der Waals surface area contributed by atoms with Crippen LogP contribution in [0.5, 0.6) is 5.75 Å². The molecule has 0 atom stereocenters. The van der Waals surface area contributed by atoms with Gasteiger partial charge in [-0.2, -0.15) is 0 Å². The maximum atomic E-state index is 12.1. The first-order chi connectivity index (χ1) is 10.1. The van der Waals surface area contributed by atoms with Gasteiger partial charge in [0.15, 0.2) is 0 Å². The Morgan fingerprint density at radius 1 is 1.29 bits per heavy atom. The molecule has 0 aliphatic carbocycles. The molecule has 0 bridgehead atoms. The van der Waals surface area contributed by atoms with E-state index in [9.17, 15) is 9.90 Å². The fourth-order valence-electron chi connectivity index (χ4n) is 1.84. The summed E-state index contributed by atoms with van der Waals surface area (Å²) in [4.78, 5) is 12.1. The fraction of sp³-hybridized carbons (Fsp3) is 0.118. The number of para-hydroxylation sites is 1. The fourth-order valence-corrected chi connectivity index (χ4v) is 1.84. The highest BCUT2D eigenvalue weighted by Gasteiger charge is 2.10. The summed E-state index contributed by atoms with van der Waals surface area (Å²) in [6, 6.07) is 11.9. The maximum absolute atomic E-state index is 12.1. The van der Waals surface area contributed by atoms with Crippen molar-refractivity contribution >= 4 is 11.6 Å². The number of anilines is 1. The summed E-state index contributed by atoms with van der Waals surface area (Å²) < 4.78 is 0. The molecule has 0 heterocycles. The Kier molecular flexibility index (Phi) is 4.60. The number of carbonyl (C=O) groups is 1. The van der Waals surface area contributed by atoms with Crippen LogP contribution in [0.15, 0.2) is 42.5 Å². The van der Waals surface area contributed by atoms with E-state index in [-0.39, 0.29) is 23.8 Å². The molecule has 21 heavy (non-hydrogen) atoms. The number of aryl methyl sites for hydroxylation is 1. The SMILES string of the molecule is Cc1ccc(NC(=O)c2ccccc2O)cc1C#CCN. The molecule has 1 amide bonds. The number of carbonyl (C=O) groups excluding carboxylic acids is 1. The number of benzene rings is 2. The van der Waals surface area contributed by atoms with Gasteiger partial charge in [-0.1, -0.05) is 30.0 Å². The molecule has 2 aromatic rings. The molecule has 106 valence electrons. The second-order valence-corrected chi connectivity index (χ2v) is 4.51. The number of phenols is 1. The van der Waals surface area contributed by atoms with Gasteiger partial charge in [-0.3, -0.25) is 4.79 Å². The Morgan fingerprint density at radius 2 is 2.05 bits per heavy atom. The molecule has 0 aliphatic rings. The molecule has 0 fully saturated rings. The standard InChI is InChI=1S/C17H16N2O2/c1-12-8-9-14(11-13(12)5-4-10-18)19-17(21)15-6-2-3-7-16(15)20/h2-3,6-9,11,20H,10,18H2,1H3,(H,19,21). The van der Waals surface area contributed by atoms with E-state index in [2.05, 4.69) is 17.2 Å². The smallest absolute Gasteiger partial charge is 0.259 e. The number of amides is 1. The van der Waals surface area contributed by atoms with Crippen molar-refractivity contribution in [3.8, 4) is 17.6 Å².